The van der Waals surface area contributed by atoms with Crippen LogP contribution in [0.1, 0.15) is 12.5 Å². The summed E-state index contributed by atoms with van der Waals surface area (Å²) < 4.78 is 26.7. The van der Waals surface area contributed by atoms with Gasteiger partial charge in [0.05, 0.1) is 24.3 Å². The minimum absolute atomic E-state index is 0.230. The van der Waals surface area contributed by atoms with Gasteiger partial charge in [0.25, 0.3) is 5.79 Å². The predicted octanol–water partition coefficient (Wildman–Crippen LogP) is 1.04. The van der Waals surface area contributed by atoms with E-state index in [1.54, 1.807) is 6.07 Å². The van der Waals surface area contributed by atoms with Crippen LogP contribution in [0.3, 0.4) is 0 Å². The van der Waals surface area contributed by atoms with Crippen molar-refractivity contribution in [2.45, 2.75) is 18.4 Å². The molecule has 0 aromatic heterocycles. The van der Waals surface area contributed by atoms with Gasteiger partial charge in [-0.1, -0.05) is 0 Å². The van der Waals surface area contributed by atoms with Crippen LogP contribution in [-0.4, -0.2) is 39.0 Å². The molecule has 1 fully saturated rings. The molecule has 1 aliphatic heterocycles. The van der Waals surface area contributed by atoms with Crippen LogP contribution in [0, 0.1) is 0 Å². The second kappa shape index (κ2) is 5.99. The molecule has 1 aliphatic rings. The lowest BCUT2D eigenvalue weighted by atomic mass is 9.93. The maximum Gasteiger partial charge on any atom is 0.420 e. The van der Waals surface area contributed by atoms with Crippen LogP contribution in [0.5, 0.6) is 11.5 Å². The average molecular weight is 390 g/mol. The van der Waals surface area contributed by atoms with Crippen LogP contribution in [0.25, 0.3) is 0 Å². The number of cyclic esters (lactones) is 2. The summed E-state index contributed by atoms with van der Waals surface area (Å²) in [5.74, 6) is -3.62. The number of ether oxygens (including phenoxy) is 5. The zero-order valence-corrected chi connectivity index (χ0v) is 14.6. The first kappa shape index (κ1) is 17.5. The number of rotatable bonds is 4. The fourth-order valence-corrected chi connectivity index (χ4v) is 2.85. The first-order valence-corrected chi connectivity index (χ1v) is 7.24. The summed E-state index contributed by atoms with van der Waals surface area (Å²) in [6.45, 7) is 1.36. The van der Waals surface area contributed by atoms with Gasteiger partial charge in [0, 0.05) is 7.11 Å². The molecule has 1 heterocycles. The van der Waals surface area contributed by atoms with E-state index >= 15 is 0 Å². The molecule has 1 saturated heterocycles. The van der Waals surface area contributed by atoms with Gasteiger partial charge in [-0.15, -0.1) is 0 Å². The molecule has 0 amide bonds. The highest BCUT2D eigenvalue weighted by Crippen LogP contribution is 2.46. The summed E-state index contributed by atoms with van der Waals surface area (Å²) in [4.78, 5) is 23.2. The van der Waals surface area contributed by atoms with Crippen LogP contribution >= 0.6 is 15.9 Å². The number of nitrogens with two attached hydrogens (primary N) is 1. The Morgan fingerprint density at radius 2 is 1.61 bits per heavy atom. The van der Waals surface area contributed by atoms with E-state index in [-0.39, 0.29) is 5.56 Å². The molecule has 9 heteroatoms. The molecule has 0 spiro atoms. The Morgan fingerprint density at radius 1 is 1.04 bits per heavy atom. The zero-order chi connectivity index (χ0) is 17.4. The maximum atomic E-state index is 11.7. The van der Waals surface area contributed by atoms with Crippen molar-refractivity contribution in [2.24, 2.45) is 5.73 Å². The van der Waals surface area contributed by atoms with Gasteiger partial charge in [-0.25, -0.2) is 9.59 Å². The number of carbonyl (C=O) groups is 2. The molecule has 23 heavy (non-hydrogen) atoms. The van der Waals surface area contributed by atoms with Crippen molar-refractivity contribution in [1.82, 2.24) is 0 Å². The summed E-state index contributed by atoms with van der Waals surface area (Å²) in [5, 5.41) is 0. The van der Waals surface area contributed by atoms with Crippen LogP contribution in [0.15, 0.2) is 16.6 Å². The molecule has 0 aliphatic carbocycles. The molecule has 1 aromatic rings. The average Bonchev–Trinajstić information content (AvgIpc) is 2.50. The van der Waals surface area contributed by atoms with Gasteiger partial charge in [0.15, 0.2) is 0 Å². The Labute approximate surface area is 140 Å². The summed E-state index contributed by atoms with van der Waals surface area (Å²) in [5.41, 5.74) is 4.49. The lowest BCUT2D eigenvalue weighted by molar-refractivity contribution is -0.322. The Morgan fingerprint density at radius 3 is 2.13 bits per heavy atom. The van der Waals surface area contributed by atoms with E-state index in [0.29, 0.717) is 16.0 Å². The molecule has 1 aromatic carbocycles. The molecule has 2 atom stereocenters. The zero-order valence-electron chi connectivity index (χ0n) is 13.0. The van der Waals surface area contributed by atoms with Crippen molar-refractivity contribution in [3.05, 3.63) is 22.2 Å². The fourth-order valence-electron chi connectivity index (χ4n) is 2.37. The van der Waals surface area contributed by atoms with Gasteiger partial charge in [0.1, 0.15) is 11.5 Å². The number of benzene rings is 1. The SMILES string of the molecule is COc1cc([C@@]2(OC)OC(=O)C(=O)O[C@@]2(C)N)c(OC)cc1Br. The van der Waals surface area contributed by atoms with Crippen molar-refractivity contribution >= 4 is 27.9 Å². The second-order valence-corrected chi connectivity index (χ2v) is 5.75. The number of esters is 2. The quantitative estimate of drug-likeness (QED) is 0.601. The third-order valence-corrected chi connectivity index (χ3v) is 4.10. The van der Waals surface area contributed by atoms with E-state index in [4.69, 9.17) is 29.4 Å². The van der Waals surface area contributed by atoms with E-state index in [1.165, 1.54) is 34.3 Å². The number of hydrogen-bond acceptors (Lipinski definition) is 8. The molecule has 8 nitrogen and oxygen atoms in total. The van der Waals surface area contributed by atoms with E-state index in [0.717, 1.165) is 0 Å². The van der Waals surface area contributed by atoms with Gasteiger partial charge in [-0.05, 0) is 35.0 Å². The topological polar surface area (TPSA) is 106 Å². The summed E-state index contributed by atoms with van der Waals surface area (Å²) in [6, 6.07) is 3.11. The lowest BCUT2D eigenvalue weighted by Crippen LogP contribution is -2.66. The molecular weight excluding hydrogens is 374 g/mol. The maximum absolute atomic E-state index is 11.7. The molecule has 0 unspecified atom stereocenters. The fraction of sp³-hybridized carbons (Fsp3) is 0.429. The Kier molecular flexibility index (Phi) is 4.56. The molecular formula is C14H16BrNO7. The van der Waals surface area contributed by atoms with Crippen LogP contribution in [0.2, 0.25) is 0 Å². The smallest absolute Gasteiger partial charge is 0.420 e. The Hall–Kier alpha value is -1.84. The third kappa shape index (κ3) is 2.64. The highest BCUT2D eigenvalue weighted by molar-refractivity contribution is 9.10. The molecule has 2 N–H and O–H groups in total. The molecule has 0 saturated carbocycles. The molecule has 2 rings (SSSR count). The van der Waals surface area contributed by atoms with Crippen LogP contribution in [-0.2, 0) is 29.6 Å². The van der Waals surface area contributed by atoms with Crippen molar-refractivity contribution in [3.8, 4) is 11.5 Å². The van der Waals surface area contributed by atoms with Crippen molar-refractivity contribution in [2.75, 3.05) is 21.3 Å². The standard InChI is InChI=1S/C14H16BrNO7/c1-13(16)14(21-4,23-12(18)11(17)22-13)7-5-10(20-3)8(15)6-9(7)19-2/h5-6H,16H2,1-4H3/t13-,14-/m1/s1. The summed E-state index contributed by atoms with van der Waals surface area (Å²) >= 11 is 3.33. The normalized spacial score (nSPS) is 27.2. The lowest BCUT2D eigenvalue weighted by Gasteiger charge is -2.45. The minimum Gasteiger partial charge on any atom is -0.496 e. The number of carbonyl (C=O) groups excluding carboxylic acids is 2. The molecule has 0 radical (unpaired) electrons. The van der Waals surface area contributed by atoms with E-state index in [9.17, 15) is 9.59 Å². The summed E-state index contributed by atoms with van der Waals surface area (Å²) in [6.07, 6.45) is 0. The monoisotopic (exact) mass is 389 g/mol. The summed E-state index contributed by atoms with van der Waals surface area (Å²) in [7, 11) is 4.15. The largest absolute Gasteiger partial charge is 0.496 e. The Bertz CT molecular complexity index is 661. The third-order valence-electron chi connectivity index (χ3n) is 3.48. The van der Waals surface area contributed by atoms with Crippen molar-refractivity contribution in [1.29, 1.82) is 0 Å². The van der Waals surface area contributed by atoms with Crippen LogP contribution < -0.4 is 15.2 Å². The first-order chi connectivity index (χ1) is 10.7. The number of methoxy groups -OCH3 is 3. The van der Waals surface area contributed by atoms with Gasteiger partial charge >= 0.3 is 11.9 Å². The number of halogens is 1. The van der Waals surface area contributed by atoms with E-state index in [1.807, 2.05) is 0 Å². The highest BCUT2D eigenvalue weighted by Gasteiger charge is 2.61. The van der Waals surface area contributed by atoms with E-state index in [2.05, 4.69) is 15.9 Å². The van der Waals surface area contributed by atoms with Gasteiger partial charge in [0.2, 0.25) is 5.72 Å². The first-order valence-electron chi connectivity index (χ1n) is 6.44. The molecule has 0 bridgehead atoms. The predicted molar refractivity (Wildman–Crippen MR) is 80.7 cm³/mol. The second-order valence-electron chi connectivity index (χ2n) is 4.89. The number of hydrogen-bond donors (Lipinski definition) is 1. The Balaban J connectivity index is 2.73. The van der Waals surface area contributed by atoms with Crippen molar-refractivity contribution < 1.29 is 33.3 Å². The van der Waals surface area contributed by atoms with Crippen LogP contribution in [0.4, 0.5) is 0 Å². The highest BCUT2D eigenvalue weighted by atomic mass is 79.9. The van der Waals surface area contributed by atoms with Gasteiger partial charge in [-0.3, -0.25) is 5.73 Å². The van der Waals surface area contributed by atoms with Crippen molar-refractivity contribution in [3.63, 3.8) is 0 Å². The molecule has 126 valence electrons. The van der Waals surface area contributed by atoms with E-state index < -0.39 is 23.5 Å². The minimum atomic E-state index is -1.91. The van der Waals surface area contributed by atoms with Gasteiger partial charge in [-0.2, -0.15) is 0 Å². The van der Waals surface area contributed by atoms with Gasteiger partial charge < -0.3 is 23.7 Å².